The van der Waals surface area contributed by atoms with Crippen molar-refractivity contribution in [2.45, 2.75) is 39.5 Å². The van der Waals surface area contributed by atoms with Crippen LogP contribution in [0.3, 0.4) is 0 Å². The first-order valence-electron chi connectivity index (χ1n) is 10.2. The van der Waals surface area contributed by atoms with Crippen LogP contribution < -0.4 is 5.73 Å². The van der Waals surface area contributed by atoms with Crippen LogP contribution in [0, 0.1) is 11.3 Å². The first-order chi connectivity index (χ1) is 13.9. The molecule has 0 radical (unpaired) electrons. The Morgan fingerprint density at radius 1 is 1.21 bits per heavy atom. The molecule has 0 bridgehead atoms. The highest BCUT2D eigenvalue weighted by molar-refractivity contribution is 6.12. The summed E-state index contributed by atoms with van der Waals surface area (Å²) in [7, 11) is 0. The molecule has 1 aliphatic heterocycles. The number of nitrogens with zero attached hydrogens (tertiary/aromatic N) is 1. The molecule has 6 heteroatoms. The standard InChI is InChI=1S/C23H30N2O4/c1-4-29-22(27)21-17(14-28-11-10-24)25-16-12-23(2,3)13-18(26)20(16)19(21)15-8-6-5-7-9-15/h5-9,19-20H,4,10-14,24H2,1-3H3. The molecule has 1 saturated carbocycles. The molecule has 6 nitrogen and oxygen atoms in total. The number of hydrogen-bond acceptors (Lipinski definition) is 6. The van der Waals surface area contributed by atoms with Gasteiger partial charge in [-0.15, -0.1) is 0 Å². The smallest absolute Gasteiger partial charge is 0.336 e. The van der Waals surface area contributed by atoms with E-state index in [0.29, 0.717) is 37.3 Å². The number of rotatable bonds is 7. The number of ketones is 1. The van der Waals surface area contributed by atoms with Gasteiger partial charge in [0.25, 0.3) is 0 Å². The third-order valence-electron chi connectivity index (χ3n) is 5.41. The van der Waals surface area contributed by atoms with Crippen LogP contribution in [0.15, 0.2) is 46.6 Å². The van der Waals surface area contributed by atoms with Crippen LogP contribution in [0.2, 0.25) is 0 Å². The third-order valence-corrected chi connectivity index (χ3v) is 5.41. The number of nitrogens with two attached hydrogens (primary N) is 1. The minimum atomic E-state index is -0.442. The van der Waals surface area contributed by atoms with E-state index >= 15 is 0 Å². The second-order valence-corrected chi connectivity index (χ2v) is 8.38. The fourth-order valence-corrected chi connectivity index (χ4v) is 4.33. The van der Waals surface area contributed by atoms with Gasteiger partial charge in [-0.25, -0.2) is 4.79 Å². The second kappa shape index (κ2) is 9.01. The lowest BCUT2D eigenvalue weighted by Gasteiger charge is -2.41. The lowest BCUT2D eigenvalue weighted by Crippen LogP contribution is -2.44. The number of benzene rings is 1. The molecule has 3 rings (SSSR count). The third kappa shape index (κ3) is 4.65. The molecule has 156 valence electrons. The van der Waals surface area contributed by atoms with Crippen molar-refractivity contribution in [2.75, 3.05) is 26.4 Å². The summed E-state index contributed by atoms with van der Waals surface area (Å²) in [5.41, 5.74) is 8.12. The van der Waals surface area contributed by atoms with Gasteiger partial charge >= 0.3 is 5.97 Å². The van der Waals surface area contributed by atoms with E-state index < -0.39 is 17.8 Å². The van der Waals surface area contributed by atoms with E-state index in [1.165, 1.54) is 0 Å². The zero-order valence-corrected chi connectivity index (χ0v) is 17.4. The van der Waals surface area contributed by atoms with Gasteiger partial charge < -0.3 is 15.2 Å². The van der Waals surface area contributed by atoms with Gasteiger partial charge in [-0.1, -0.05) is 44.2 Å². The molecule has 1 aromatic rings. The van der Waals surface area contributed by atoms with Gasteiger partial charge in [0.1, 0.15) is 5.78 Å². The van der Waals surface area contributed by atoms with Crippen molar-refractivity contribution in [3.63, 3.8) is 0 Å². The van der Waals surface area contributed by atoms with Crippen molar-refractivity contribution < 1.29 is 19.1 Å². The Bertz CT molecular complexity index is 827. The molecule has 1 aliphatic carbocycles. The highest BCUT2D eigenvalue weighted by atomic mass is 16.5. The summed E-state index contributed by atoms with van der Waals surface area (Å²) >= 11 is 0. The Kier molecular flexibility index (Phi) is 6.65. The van der Waals surface area contributed by atoms with Crippen molar-refractivity contribution in [1.29, 1.82) is 0 Å². The number of fused-ring (bicyclic) bond motifs is 1. The minimum Gasteiger partial charge on any atom is -0.463 e. The fourth-order valence-electron chi connectivity index (χ4n) is 4.33. The molecule has 1 heterocycles. The van der Waals surface area contributed by atoms with Crippen LogP contribution in [-0.4, -0.2) is 43.8 Å². The Morgan fingerprint density at radius 2 is 1.93 bits per heavy atom. The summed E-state index contributed by atoms with van der Waals surface area (Å²) in [6.45, 7) is 7.10. The number of carbonyl (C=O) groups excluding carboxylic acids is 2. The average molecular weight is 399 g/mol. The molecular weight excluding hydrogens is 368 g/mol. The van der Waals surface area contributed by atoms with E-state index in [0.717, 1.165) is 11.3 Å². The van der Waals surface area contributed by atoms with E-state index in [-0.39, 0.29) is 24.4 Å². The zero-order chi connectivity index (χ0) is 21.0. The van der Waals surface area contributed by atoms with Gasteiger partial charge in [0, 0.05) is 24.6 Å². The van der Waals surface area contributed by atoms with E-state index in [4.69, 9.17) is 20.2 Å². The maximum atomic E-state index is 13.2. The van der Waals surface area contributed by atoms with E-state index in [9.17, 15) is 9.59 Å². The van der Waals surface area contributed by atoms with Crippen LogP contribution in [-0.2, 0) is 19.1 Å². The number of carbonyl (C=O) groups is 2. The van der Waals surface area contributed by atoms with E-state index in [1.54, 1.807) is 6.92 Å². The van der Waals surface area contributed by atoms with Crippen LogP contribution in [0.4, 0.5) is 0 Å². The maximum Gasteiger partial charge on any atom is 0.336 e. The number of aliphatic imine (C=N–C) groups is 1. The zero-order valence-electron chi connectivity index (χ0n) is 17.4. The van der Waals surface area contributed by atoms with Crippen molar-refractivity contribution in [3.05, 3.63) is 47.2 Å². The number of hydrogen-bond donors (Lipinski definition) is 1. The predicted molar refractivity (Wildman–Crippen MR) is 112 cm³/mol. The lowest BCUT2D eigenvalue weighted by molar-refractivity contribution is -0.139. The van der Waals surface area contributed by atoms with E-state index in [1.807, 2.05) is 30.3 Å². The highest BCUT2D eigenvalue weighted by Gasteiger charge is 2.48. The topological polar surface area (TPSA) is 91.0 Å². The first-order valence-corrected chi connectivity index (χ1v) is 10.2. The lowest BCUT2D eigenvalue weighted by atomic mass is 9.63. The van der Waals surface area contributed by atoms with Gasteiger partial charge in [0.2, 0.25) is 0 Å². The molecule has 2 aliphatic rings. The van der Waals surface area contributed by atoms with Gasteiger partial charge in [0.05, 0.1) is 37.0 Å². The maximum absolute atomic E-state index is 13.2. The molecule has 0 saturated heterocycles. The second-order valence-electron chi connectivity index (χ2n) is 8.38. The average Bonchev–Trinajstić information content (AvgIpc) is 2.67. The molecular formula is C23H30N2O4. The summed E-state index contributed by atoms with van der Waals surface area (Å²) in [4.78, 5) is 31.0. The Balaban J connectivity index is 2.15. The Morgan fingerprint density at radius 3 is 2.59 bits per heavy atom. The largest absolute Gasteiger partial charge is 0.463 e. The summed E-state index contributed by atoms with van der Waals surface area (Å²) in [5.74, 6) is -1.17. The van der Waals surface area contributed by atoms with Gasteiger partial charge in [-0.3, -0.25) is 9.79 Å². The quantitative estimate of drug-likeness (QED) is 0.563. The van der Waals surface area contributed by atoms with Crippen LogP contribution in [0.5, 0.6) is 0 Å². The van der Waals surface area contributed by atoms with Crippen LogP contribution in [0.25, 0.3) is 0 Å². The number of esters is 1. The highest BCUT2D eigenvalue weighted by Crippen LogP contribution is 2.47. The summed E-state index contributed by atoms with van der Waals surface area (Å²) in [5, 5.41) is 0. The Hall–Kier alpha value is -2.31. The molecule has 2 N–H and O–H groups in total. The molecule has 1 aromatic carbocycles. The summed E-state index contributed by atoms with van der Waals surface area (Å²) in [6, 6.07) is 9.68. The van der Waals surface area contributed by atoms with Crippen molar-refractivity contribution in [3.8, 4) is 0 Å². The first kappa shape index (κ1) is 21.4. The monoisotopic (exact) mass is 398 g/mol. The van der Waals surface area contributed by atoms with Gasteiger partial charge in [-0.05, 0) is 24.3 Å². The molecule has 0 aromatic heterocycles. The normalized spacial score (nSPS) is 23.4. The number of Topliss-reactive ketones (excluding diaryl/α,β-unsaturated/α-hetero) is 1. The van der Waals surface area contributed by atoms with Crippen molar-refractivity contribution >= 4 is 17.5 Å². The Labute approximate surface area is 172 Å². The van der Waals surface area contributed by atoms with E-state index in [2.05, 4.69) is 13.8 Å². The molecule has 2 atom stereocenters. The SMILES string of the molecule is CCOC(=O)C1=C(COCCN)N=C2CC(C)(C)CC(=O)C2C1c1ccccc1. The van der Waals surface area contributed by atoms with Crippen molar-refractivity contribution in [1.82, 2.24) is 0 Å². The molecule has 2 unspecified atom stereocenters. The fraction of sp³-hybridized carbons (Fsp3) is 0.522. The predicted octanol–water partition coefficient (Wildman–Crippen LogP) is 3.02. The molecule has 0 spiro atoms. The molecule has 0 amide bonds. The summed E-state index contributed by atoms with van der Waals surface area (Å²) < 4.78 is 11.0. The minimum absolute atomic E-state index is 0.123. The molecule has 1 fully saturated rings. The summed E-state index contributed by atoms with van der Waals surface area (Å²) in [6.07, 6.45) is 1.18. The molecule has 29 heavy (non-hydrogen) atoms. The van der Waals surface area contributed by atoms with Crippen LogP contribution in [0.1, 0.15) is 45.1 Å². The number of ether oxygens (including phenoxy) is 2. The van der Waals surface area contributed by atoms with Crippen molar-refractivity contribution in [2.24, 2.45) is 22.1 Å². The van der Waals surface area contributed by atoms with Gasteiger partial charge in [-0.2, -0.15) is 0 Å². The van der Waals surface area contributed by atoms with Crippen LogP contribution >= 0.6 is 0 Å². The van der Waals surface area contributed by atoms with Gasteiger partial charge in [0.15, 0.2) is 0 Å².